The van der Waals surface area contributed by atoms with Gasteiger partial charge in [-0.15, -0.1) is 0 Å². The van der Waals surface area contributed by atoms with E-state index in [1.807, 2.05) is 11.8 Å². The lowest BCUT2D eigenvalue weighted by Gasteiger charge is -2.36. The van der Waals surface area contributed by atoms with E-state index in [0.717, 1.165) is 12.3 Å². The zero-order valence-electron chi connectivity index (χ0n) is 13.8. The van der Waals surface area contributed by atoms with Crippen LogP contribution < -0.4 is 4.74 Å². The molecule has 2 aliphatic heterocycles. The number of rotatable bonds is 1. The van der Waals surface area contributed by atoms with Crippen molar-refractivity contribution in [3.05, 3.63) is 47.6 Å². The maximum atomic E-state index is 6.24. The zero-order valence-corrected chi connectivity index (χ0v) is 14.7. The third-order valence-electron chi connectivity index (χ3n) is 6.13. The van der Waals surface area contributed by atoms with Gasteiger partial charge in [-0.3, -0.25) is 4.90 Å². The summed E-state index contributed by atoms with van der Waals surface area (Å²) in [5.74, 6) is 1.10. The number of fused-ring (bicyclic) bond motifs is 2. The van der Waals surface area contributed by atoms with Crippen molar-refractivity contribution < 1.29 is 4.74 Å². The van der Waals surface area contributed by atoms with Crippen LogP contribution >= 0.6 is 11.8 Å². The second-order valence-electron chi connectivity index (χ2n) is 7.59. The minimum atomic E-state index is 0.0728. The van der Waals surface area contributed by atoms with E-state index in [9.17, 15) is 0 Å². The molecule has 1 aromatic rings. The number of likely N-dealkylation sites (N-methyl/N-ethyl adjacent to an activating group) is 1. The first-order valence-electron chi connectivity index (χ1n) is 8.71. The molecule has 0 N–H and O–H groups in total. The molecular weight excluding hydrogens is 302 g/mol. The molecule has 1 aromatic carbocycles. The number of hydrogen-bond donors (Lipinski definition) is 0. The van der Waals surface area contributed by atoms with Crippen LogP contribution in [-0.4, -0.2) is 29.5 Å². The molecular formula is C20H23NOS. The standard InChI is InChI=1S/C20H23NOS/c1-14-6-9-19(10-11-21(2)18(19)12-14)15-4-5-16-17(13-15)23-20(22-16)7-3-8-20/h4-6,9,12-13,18H,3,7-8,10-11H2,1-2H3/t18-,19-/m0/s1. The van der Waals surface area contributed by atoms with Gasteiger partial charge in [-0.05, 0) is 63.9 Å². The average molecular weight is 325 g/mol. The predicted octanol–water partition coefficient (Wildman–Crippen LogP) is 4.51. The van der Waals surface area contributed by atoms with Crippen molar-refractivity contribution in [3.8, 4) is 5.75 Å². The van der Waals surface area contributed by atoms with Crippen molar-refractivity contribution in [3.63, 3.8) is 0 Å². The summed E-state index contributed by atoms with van der Waals surface area (Å²) in [6, 6.07) is 7.42. The van der Waals surface area contributed by atoms with Crippen LogP contribution in [0, 0.1) is 0 Å². The highest BCUT2D eigenvalue weighted by Crippen LogP contribution is 2.57. The monoisotopic (exact) mass is 325 g/mol. The molecule has 2 heterocycles. The van der Waals surface area contributed by atoms with Crippen molar-refractivity contribution >= 4 is 11.8 Å². The van der Waals surface area contributed by atoms with Crippen LogP contribution in [0.4, 0.5) is 0 Å². The molecule has 1 saturated heterocycles. The Balaban J connectivity index is 1.55. The van der Waals surface area contributed by atoms with Gasteiger partial charge >= 0.3 is 0 Å². The molecule has 5 rings (SSSR count). The van der Waals surface area contributed by atoms with Crippen LogP contribution in [-0.2, 0) is 5.41 Å². The molecule has 0 unspecified atom stereocenters. The van der Waals surface area contributed by atoms with Gasteiger partial charge in [0.2, 0.25) is 0 Å². The number of hydrogen-bond acceptors (Lipinski definition) is 3. The maximum Gasteiger partial charge on any atom is 0.159 e. The molecule has 2 nitrogen and oxygen atoms in total. The topological polar surface area (TPSA) is 12.5 Å². The highest BCUT2D eigenvalue weighted by atomic mass is 32.2. The number of allylic oxidation sites excluding steroid dienone is 2. The van der Waals surface area contributed by atoms with Crippen molar-refractivity contribution in [2.45, 2.75) is 53.9 Å². The lowest BCUT2D eigenvalue weighted by molar-refractivity contribution is 0.0908. The summed E-state index contributed by atoms with van der Waals surface area (Å²) in [6.45, 7) is 3.36. The molecule has 2 fully saturated rings. The van der Waals surface area contributed by atoms with E-state index in [0.29, 0.717) is 6.04 Å². The molecule has 2 atom stereocenters. The summed E-state index contributed by atoms with van der Waals surface area (Å²) in [5, 5.41) is 0. The molecule has 120 valence electrons. The van der Waals surface area contributed by atoms with E-state index in [2.05, 4.69) is 55.3 Å². The minimum Gasteiger partial charge on any atom is -0.475 e. The Hall–Kier alpha value is -1.19. The van der Waals surface area contributed by atoms with E-state index < -0.39 is 0 Å². The Morgan fingerprint density at radius 1 is 1.26 bits per heavy atom. The summed E-state index contributed by atoms with van der Waals surface area (Å²) in [4.78, 5) is 3.92. The molecule has 0 radical (unpaired) electrons. The Kier molecular flexibility index (Phi) is 2.88. The van der Waals surface area contributed by atoms with E-state index in [1.165, 1.54) is 41.7 Å². The van der Waals surface area contributed by atoms with E-state index in [-0.39, 0.29) is 10.3 Å². The highest BCUT2D eigenvalue weighted by molar-refractivity contribution is 8.01. The molecule has 3 heteroatoms. The number of thioether (sulfide) groups is 1. The normalized spacial score (nSPS) is 33.8. The SMILES string of the molecule is CC1=C[C@@H]2N(C)CC[C@]2(c2ccc3c(c2)SC2(CCC2)O3)C=C1. The molecule has 1 saturated carbocycles. The first kappa shape index (κ1) is 14.2. The van der Waals surface area contributed by atoms with Gasteiger partial charge in [0, 0.05) is 11.5 Å². The summed E-state index contributed by atoms with van der Waals surface area (Å²) in [7, 11) is 2.25. The predicted molar refractivity (Wildman–Crippen MR) is 95.1 cm³/mol. The quantitative estimate of drug-likeness (QED) is 0.754. The zero-order chi connectivity index (χ0) is 15.7. The van der Waals surface area contributed by atoms with Crippen LogP contribution in [0.15, 0.2) is 46.9 Å². The molecule has 23 heavy (non-hydrogen) atoms. The minimum absolute atomic E-state index is 0.0728. The molecule has 0 bridgehead atoms. The van der Waals surface area contributed by atoms with Gasteiger partial charge in [0.25, 0.3) is 0 Å². The van der Waals surface area contributed by atoms with E-state index >= 15 is 0 Å². The van der Waals surface area contributed by atoms with Gasteiger partial charge < -0.3 is 4.74 Å². The largest absolute Gasteiger partial charge is 0.475 e. The Morgan fingerprint density at radius 2 is 2.13 bits per heavy atom. The van der Waals surface area contributed by atoms with Gasteiger partial charge in [-0.1, -0.05) is 41.6 Å². The lowest BCUT2D eigenvalue weighted by Crippen LogP contribution is -2.39. The van der Waals surface area contributed by atoms with Crippen molar-refractivity contribution in [2.75, 3.05) is 13.6 Å². The first-order valence-corrected chi connectivity index (χ1v) is 9.52. The Labute approximate surface area is 142 Å². The molecule has 4 aliphatic rings. The molecule has 1 spiro atoms. The number of nitrogens with zero attached hydrogens (tertiary/aromatic N) is 1. The van der Waals surface area contributed by atoms with E-state index in [4.69, 9.17) is 4.74 Å². The van der Waals surface area contributed by atoms with Crippen LogP contribution in [0.3, 0.4) is 0 Å². The van der Waals surface area contributed by atoms with Crippen LogP contribution in [0.1, 0.15) is 38.2 Å². The molecule has 2 aliphatic carbocycles. The second kappa shape index (κ2) is 4.67. The van der Waals surface area contributed by atoms with Crippen LogP contribution in [0.5, 0.6) is 5.75 Å². The molecule has 0 amide bonds. The van der Waals surface area contributed by atoms with Crippen LogP contribution in [0.2, 0.25) is 0 Å². The summed E-state index contributed by atoms with van der Waals surface area (Å²) in [5.41, 5.74) is 2.98. The Morgan fingerprint density at radius 3 is 2.91 bits per heavy atom. The fourth-order valence-corrected chi connectivity index (χ4v) is 5.97. The highest BCUT2D eigenvalue weighted by Gasteiger charge is 2.48. The van der Waals surface area contributed by atoms with Gasteiger partial charge in [0.1, 0.15) is 5.75 Å². The van der Waals surface area contributed by atoms with E-state index in [1.54, 1.807) is 0 Å². The smallest absolute Gasteiger partial charge is 0.159 e. The average Bonchev–Trinajstić information content (AvgIpc) is 3.06. The van der Waals surface area contributed by atoms with Crippen LogP contribution in [0.25, 0.3) is 0 Å². The Bertz CT molecular complexity index is 733. The number of ether oxygens (including phenoxy) is 1. The third kappa shape index (κ3) is 1.93. The first-order chi connectivity index (χ1) is 11.1. The second-order valence-corrected chi connectivity index (χ2v) is 8.98. The summed E-state index contributed by atoms with van der Waals surface area (Å²) < 4.78 is 6.24. The molecule has 0 aromatic heterocycles. The maximum absolute atomic E-state index is 6.24. The van der Waals surface area contributed by atoms with Gasteiger partial charge in [-0.25, -0.2) is 0 Å². The number of likely N-dealkylation sites (tertiary alicyclic amines) is 1. The fraction of sp³-hybridized carbons (Fsp3) is 0.500. The van der Waals surface area contributed by atoms with Gasteiger partial charge in [-0.2, -0.15) is 0 Å². The lowest BCUT2D eigenvalue weighted by atomic mass is 9.71. The number of benzene rings is 1. The summed E-state index contributed by atoms with van der Waals surface area (Å²) in [6.07, 6.45) is 12.1. The third-order valence-corrected chi connectivity index (χ3v) is 7.54. The van der Waals surface area contributed by atoms with Crippen molar-refractivity contribution in [1.82, 2.24) is 4.90 Å². The fourth-order valence-electron chi connectivity index (χ4n) is 4.55. The van der Waals surface area contributed by atoms with Gasteiger partial charge in [0.05, 0.1) is 4.90 Å². The summed E-state index contributed by atoms with van der Waals surface area (Å²) >= 11 is 1.96. The van der Waals surface area contributed by atoms with Gasteiger partial charge in [0.15, 0.2) is 4.93 Å². The van der Waals surface area contributed by atoms with Crippen molar-refractivity contribution in [1.29, 1.82) is 0 Å². The van der Waals surface area contributed by atoms with Crippen molar-refractivity contribution in [2.24, 2.45) is 0 Å².